The Hall–Kier alpha value is -3.02. The summed E-state index contributed by atoms with van der Waals surface area (Å²) in [7, 11) is 3.03. The van der Waals surface area contributed by atoms with Crippen molar-refractivity contribution < 1.29 is 14.7 Å². The number of hydrogen-bond donors (Lipinski definition) is 2. The normalized spacial score (nSPS) is 13.1. The molecule has 1 aromatic rings. The predicted octanol–water partition coefficient (Wildman–Crippen LogP) is 2.49. The first-order valence-electron chi connectivity index (χ1n) is 10.7. The van der Waals surface area contributed by atoms with Crippen molar-refractivity contribution in [3.8, 4) is 12.0 Å². The second-order valence-corrected chi connectivity index (χ2v) is 7.55. The Kier molecular flexibility index (Phi) is 10.6. The SMILES string of the molecule is CC#Cn1c(C(=O)N(C)C(=NC)NC(C)C(=O)O)cnc1N(CCC)CCC(C)CC. The molecule has 2 N–H and O–H groups in total. The van der Waals surface area contributed by atoms with Crippen molar-refractivity contribution in [3.63, 3.8) is 0 Å². The van der Waals surface area contributed by atoms with Gasteiger partial charge in [0.15, 0.2) is 0 Å². The number of rotatable bonds is 10. The zero-order chi connectivity index (χ0) is 23.6. The maximum atomic E-state index is 13.2. The number of aliphatic carboxylic acids is 1. The van der Waals surface area contributed by atoms with Crippen LogP contribution in [0.1, 0.15) is 64.4 Å². The standard InChI is InChI=1S/C22H36N6O3/c1-8-12-27(14-11-16(4)10-3)22-24-15-18(28(22)13-9-2)19(29)26(7)21(23-6)25-17(5)20(30)31/h15-17H,8,10-12,14H2,1-7H3,(H,23,25)(H,30,31). The summed E-state index contributed by atoms with van der Waals surface area (Å²) in [6.07, 6.45) is 4.59. The van der Waals surface area contributed by atoms with E-state index < -0.39 is 12.0 Å². The summed E-state index contributed by atoms with van der Waals surface area (Å²) in [6.45, 7) is 11.3. The number of hydrogen-bond acceptors (Lipinski definition) is 5. The molecule has 1 heterocycles. The van der Waals surface area contributed by atoms with Crippen LogP contribution in [0.5, 0.6) is 0 Å². The molecule has 2 atom stereocenters. The summed E-state index contributed by atoms with van der Waals surface area (Å²) >= 11 is 0. The van der Waals surface area contributed by atoms with E-state index in [1.807, 2.05) is 0 Å². The predicted molar refractivity (Wildman–Crippen MR) is 123 cm³/mol. The van der Waals surface area contributed by atoms with Crippen LogP contribution in [0.3, 0.4) is 0 Å². The molecule has 0 aromatic carbocycles. The summed E-state index contributed by atoms with van der Waals surface area (Å²) in [5, 5.41) is 11.9. The van der Waals surface area contributed by atoms with E-state index in [0.717, 1.165) is 32.4 Å². The molecule has 1 aromatic heterocycles. The lowest BCUT2D eigenvalue weighted by Crippen LogP contribution is -2.48. The van der Waals surface area contributed by atoms with Crippen LogP contribution in [0.4, 0.5) is 5.95 Å². The summed E-state index contributed by atoms with van der Waals surface area (Å²) in [6, 6.07) is 2.08. The first-order chi connectivity index (χ1) is 14.7. The van der Waals surface area contributed by atoms with E-state index in [-0.39, 0.29) is 11.9 Å². The molecule has 0 aliphatic heterocycles. The Morgan fingerprint density at radius 3 is 2.52 bits per heavy atom. The van der Waals surface area contributed by atoms with Gasteiger partial charge in [-0.1, -0.05) is 33.1 Å². The average Bonchev–Trinajstić information content (AvgIpc) is 3.16. The number of nitrogens with one attached hydrogen (secondary N) is 1. The summed E-state index contributed by atoms with van der Waals surface area (Å²) in [4.78, 5) is 36.4. The average molecular weight is 433 g/mol. The molecular formula is C22H36N6O3. The Balaban J connectivity index is 3.24. The minimum Gasteiger partial charge on any atom is -0.480 e. The number of aliphatic imine (C=N–C) groups is 1. The molecule has 0 spiro atoms. The van der Waals surface area contributed by atoms with Crippen LogP contribution in [-0.2, 0) is 4.79 Å². The molecule has 0 fully saturated rings. The Labute approximate surface area is 185 Å². The smallest absolute Gasteiger partial charge is 0.325 e. The van der Waals surface area contributed by atoms with Gasteiger partial charge in [-0.05, 0) is 32.6 Å². The zero-order valence-electron chi connectivity index (χ0n) is 19.8. The Morgan fingerprint density at radius 2 is 2.00 bits per heavy atom. The molecule has 9 heteroatoms. The van der Waals surface area contributed by atoms with Gasteiger partial charge < -0.3 is 15.3 Å². The van der Waals surface area contributed by atoms with Gasteiger partial charge in [0.1, 0.15) is 11.7 Å². The van der Waals surface area contributed by atoms with Crippen LogP contribution in [0.25, 0.3) is 0 Å². The molecule has 1 rings (SSSR count). The number of guanidine groups is 1. The number of anilines is 1. The fourth-order valence-electron chi connectivity index (χ4n) is 2.93. The molecule has 0 saturated heterocycles. The van der Waals surface area contributed by atoms with E-state index in [4.69, 9.17) is 5.11 Å². The van der Waals surface area contributed by atoms with Gasteiger partial charge in [0.05, 0.1) is 6.20 Å². The first kappa shape index (κ1) is 26.0. The van der Waals surface area contributed by atoms with Crippen molar-refractivity contribution in [2.75, 3.05) is 32.1 Å². The van der Waals surface area contributed by atoms with Gasteiger partial charge in [0.25, 0.3) is 5.91 Å². The van der Waals surface area contributed by atoms with E-state index in [1.165, 1.54) is 32.1 Å². The second-order valence-electron chi connectivity index (χ2n) is 7.55. The van der Waals surface area contributed by atoms with Crippen LogP contribution < -0.4 is 10.2 Å². The van der Waals surface area contributed by atoms with Gasteiger partial charge in [0.2, 0.25) is 11.9 Å². The largest absolute Gasteiger partial charge is 0.480 e. The monoisotopic (exact) mass is 432 g/mol. The van der Waals surface area contributed by atoms with Gasteiger partial charge in [0, 0.05) is 33.2 Å². The van der Waals surface area contributed by atoms with Crippen LogP contribution in [-0.4, -0.2) is 70.6 Å². The molecule has 1 amide bonds. The first-order valence-corrected chi connectivity index (χ1v) is 10.7. The molecule has 0 aliphatic rings. The number of aromatic nitrogens is 2. The molecule has 0 radical (unpaired) electrons. The highest BCUT2D eigenvalue weighted by molar-refractivity contribution is 6.05. The topological polar surface area (TPSA) is 103 Å². The molecule has 0 bridgehead atoms. The number of nitrogens with zero attached hydrogens (tertiary/aromatic N) is 5. The maximum absolute atomic E-state index is 13.2. The van der Waals surface area contributed by atoms with E-state index in [0.29, 0.717) is 17.6 Å². The molecule has 0 aliphatic carbocycles. The van der Waals surface area contributed by atoms with Gasteiger partial charge >= 0.3 is 5.97 Å². The molecule has 0 saturated carbocycles. The number of carboxylic acid groups (broad SMARTS) is 1. The lowest BCUT2D eigenvalue weighted by molar-refractivity contribution is -0.138. The Bertz CT molecular complexity index is 836. The number of imidazole rings is 1. The molecular weight excluding hydrogens is 396 g/mol. The van der Waals surface area contributed by atoms with Crippen molar-refractivity contribution in [2.45, 2.75) is 59.9 Å². The number of amides is 1. The van der Waals surface area contributed by atoms with Crippen LogP contribution in [0.2, 0.25) is 0 Å². The van der Waals surface area contributed by atoms with Crippen LogP contribution >= 0.6 is 0 Å². The van der Waals surface area contributed by atoms with Crippen molar-refractivity contribution in [2.24, 2.45) is 10.9 Å². The Morgan fingerprint density at radius 1 is 1.32 bits per heavy atom. The summed E-state index contributed by atoms with van der Waals surface area (Å²) in [5.41, 5.74) is 0.294. The van der Waals surface area contributed by atoms with E-state index >= 15 is 0 Å². The lowest BCUT2D eigenvalue weighted by atomic mass is 10.1. The fraction of sp³-hybridized carbons (Fsp3) is 0.636. The lowest BCUT2D eigenvalue weighted by Gasteiger charge is -2.25. The van der Waals surface area contributed by atoms with Gasteiger partial charge in [-0.15, -0.1) is 0 Å². The summed E-state index contributed by atoms with van der Waals surface area (Å²) in [5.74, 6) is 2.82. The van der Waals surface area contributed by atoms with E-state index in [9.17, 15) is 9.59 Å². The van der Waals surface area contributed by atoms with Crippen molar-refractivity contribution in [1.82, 2.24) is 19.8 Å². The van der Waals surface area contributed by atoms with E-state index in [2.05, 4.69) is 52.9 Å². The third-order valence-corrected chi connectivity index (χ3v) is 5.10. The van der Waals surface area contributed by atoms with Gasteiger partial charge in [-0.25, -0.2) is 9.55 Å². The fourth-order valence-corrected chi connectivity index (χ4v) is 2.93. The molecule has 2 unspecified atom stereocenters. The van der Waals surface area contributed by atoms with Crippen molar-refractivity contribution >= 4 is 23.8 Å². The van der Waals surface area contributed by atoms with Gasteiger partial charge in [-0.2, -0.15) is 0 Å². The third kappa shape index (κ3) is 7.02. The highest BCUT2D eigenvalue weighted by atomic mass is 16.4. The van der Waals surface area contributed by atoms with Crippen LogP contribution in [0, 0.1) is 17.9 Å². The minimum absolute atomic E-state index is 0.154. The molecule has 9 nitrogen and oxygen atoms in total. The minimum atomic E-state index is -1.04. The maximum Gasteiger partial charge on any atom is 0.325 e. The van der Waals surface area contributed by atoms with Crippen molar-refractivity contribution in [1.29, 1.82) is 0 Å². The van der Waals surface area contributed by atoms with Gasteiger partial charge in [-0.3, -0.25) is 19.5 Å². The highest BCUT2D eigenvalue weighted by Gasteiger charge is 2.26. The molecule has 31 heavy (non-hydrogen) atoms. The second kappa shape index (κ2) is 12.6. The quantitative estimate of drug-likeness (QED) is 0.334. The van der Waals surface area contributed by atoms with Crippen LogP contribution in [0.15, 0.2) is 11.2 Å². The number of carboxylic acids is 1. The van der Waals surface area contributed by atoms with E-state index in [1.54, 1.807) is 11.5 Å². The number of carbonyl (C=O) groups excluding carboxylic acids is 1. The number of carbonyl (C=O) groups is 2. The highest BCUT2D eigenvalue weighted by Crippen LogP contribution is 2.19. The van der Waals surface area contributed by atoms with Crippen molar-refractivity contribution in [3.05, 3.63) is 11.9 Å². The third-order valence-electron chi connectivity index (χ3n) is 5.10. The summed E-state index contributed by atoms with van der Waals surface area (Å²) < 4.78 is 1.61. The zero-order valence-corrected chi connectivity index (χ0v) is 19.8. The molecule has 172 valence electrons.